The number of nitrogens with zero attached hydrogens (tertiary/aromatic N) is 1. The number of pyridine rings is 1. The maximum absolute atomic E-state index is 5.80. The average molecular weight is 210 g/mol. The van der Waals surface area contributed by atoms with Crippen molar-refractivity contribution in [2.45, 2.75) is 0 Å². The number of furan rings is 1. The molecule has 0 saturated carbocycles. The van der Waals surface area contributed by atoms with Crippen LogP contribution in [0.3, 0.4) is 0 Å². The first-order valence-electron chi connectivity index (χ1n) is 5.04. The van der Waals surface area contributed by atoms with Gasteiger partial charge >= 0.3 is 0 Å². The molecule has 0 amide bonds. The molecule has 1 aromatic carbocycles. The molecule has 0 atom stereocenters. The minimum atomic E-state index is 0.488. The normalized spacial score (nSPS) is 10.8. The Morgan fingerprint density at radius 3 is 2.75 bits per heavy atom. The number of aromatic nitrogens is 1. The highest BCUT2D eigenvalue weighted by Crippen LogP contribution is 2.29. The number of hydrogen-bond donors (Lipinski definition) is 1. The molecule has 0 unspecified atom stereocenters. The Kier molecular flexibility index (Phi) is 1.90. The summed E-state index contributed by atoms with van der Waals surface area (Å²) in [5.74, 6) is 1.24. The summed E-state index contributed by atoms with van der Waals surface area (Å²) in [6.45, 7) is 0. The molecular formula is C13H10N2O. The van der Waals surface area contributed by atoms with Gasteiger partial charge in [0.1, 0.15) is 17.2 Å². The van der Waals surface area contributed by atoms with Crippen LogP contribution in [0, 0.1) is 0 Å². The van der Waals surface area contributed by atoms with Crippen LogP contribution in [0.4, 0.5) is 5.82 Å². The monoisotopic (exact) mass is 210 g/mol. The smallest absolute Gasteiger partial charge is 0.139 e. The number of anilines is 1. The summed E-state index contributed by atoms with van der Waals surface area (Å²) < 4.78 is 5.71. The lowest BCUT2D eigenvalue weighted by Gasteiger charge is -1.98. The Bertz CT molecular complexity index is 610. The van der Waals surface area contributed by atoms with E-state index < -0.39 is 0 Å². The molecule has 0 bridgehead atoms. The van der Waals surface area contributed by atoms with Crippen LogP contribution in [0.2, 0.25) is 0 Å². The predicted molar refractivity (Wildman–Crippen MR) is 63.9 cm³/mol. The highest BCUT2D eigenvalue weighted by atomic mass is 16.3. The second-order valence-electron chi connectivity index (χ2n) is 3.58. The molecule has 2 aromatic heterocycles. The van der Waals surface area contributed by atoms with Crippen LogP contribution in [-0.2, 0) is 0 Å². The Balaban J connectivity index is 2.23. The summed E-state index contributed by atoms with van der Waals surface area (Å²) in [7, 11) is 0. The number of para-hydroxylation sites is 1. The zero-order chi connectivity index (χ0) is 11.0. The number of hydrogen-bond acceptors (Lipinski definition) is 3. The van der Waals surface area contributed by atoms with Crippen LogP contribution in [0.25, 0.3) is 22.3 Å². The second kappa shape index (κ2) is 3.38. The van der Waals surface area contributed by atoms with Gasteiger partial charge in [-0.25, -0.2) is 4.98 Å². The van der Waals surface area contributed by atoms with Crippen LogP contribution in [-0.4, -0.2) is 4.98 Å². The van der Waals surface area contributed by atoms with Crippen molar-refractivity contribution in [1.82, 2.24) is 4.98 Å². The first kappa shape index (κ1) is 8.97. The molecule has 3 nitrogen and oxygen atoms in total. The minimum Gasteiger partial charge on any atom is -0.456 e. The fourth-order valence-electron chi connectivity index (χ4n) is 1.74. The van der Waals surface area contributed by atoms with Gasteiger partial charge in [-0.1, -0.05) is 18.2 Å². The minimum absolute atomic E-state index is 0.488. The third-order valence-corrected chi connectivity index (χ3v) is 2.53. The summed E-state index contributed by atoms with van der Waals surface area (Å²) in [5.41, 5.74) is 7.50. The molecule has 0 saturated heterocycles. The van der Waals surface area contributed by atoms with Crippen LogP contribution >= 0.6 is 0 Å². The molecular weight excluding hydrogens is 200 g/mol. The lowest BCUT2D eigenvalue weighted by molar-refractivity contribution is 0.631. The molecule has 0 aliphatic carbocycles. The topological polar surface area (TPSA) is 52.0 Å². The lowest BCUT2D eigenvalue weighted by Crippen LogP contribution is -1.91. The Morgan fingerprint density at radius 2 is 1.94 bits per heavy atom. The molecule has 3 rings (SSSR count). The summed E-state index contributed by atoms with van der Waals surface area (Å²) in [4.78, 5) is 4.04. The van der Waals surface area contributed by atoms with E-state index in [2.05, 4.69) is 4.98 Å². The second-order valence-corrected chi connectivity index (χ2v) is 3.58. The van der Waals surface area contributed by atoms with E-state index in [1.807, 2.05) is 42.5 Å². The summed E-state index contributed by atoms with van der Waals surface area (Å²) in [6, 6.07) is 13.6. The molecule has 0 aliphatic rings. The van der Waals surface area contributed by atoms with E-state index >= 15 is 0 Å². The van der Waals surface area contributed by atoms with Gasteiger partial charge in [-0.3, -0.25) is 0 Å². The van der Waals surface area contributed by atoms with Crippen LogP contribution in [0.15, 0.2) is 53.1 Å². The number of benzene rings is 1. The highest BCUT2D eigenvalue weighted by Gasteiger charge is 2.08. The van der Waals surface area contributed by atoms with Gasteiger partial charge in [-0.15, -0.1) is 0 Å². The van der Waals surface area contributed by atoms with Crippen LogP contribution in [0.5, 0.6) is 0 Å². The van der Waals surface area contributed by atoms with Crippen molar-refractivity contribution in [3.8, 4) is 11.3 Å². The maximum atomic E-state index is 5.80. The quantitative estimate of drug-likeness (QED) is 0.671. The molecule has 3 aromatic rings. The van der Waals surface area contributed by atoms with Gasteiger partial charge in [-0.05, 0) is 24.3 Å². The molecule has 0 spiro atoms. The third-order valence-electron chi connectivity index (χ3n) is 2.53. The fourth-order valence-corrected chi connectivity index (χ4v) is 1.74. The number of rotatable bonds is 1. The zero-order valence-electron chi connectivity index (χ0n) is 8.55. The average Bonchev–Trinajstić information content (AvgIpc) is 2.73. The Labute approximate surface area is 92.5 Å². The van der Waals surface area contributed by atoms with Crippen LogP contribution < -0.4 is 5.73 Å². The first-order valence-corrected chi connectivity index (χ1v) is 5.04. The maximum Gasteiger partial charge on any atom is 0.139 e. The zero-order valence-corrected chi connectivity index (χ0v) is 8.55. The summed E-state index contributed by atoms with van der Waals surface area (Å²) in [6.07, 6.45) is 1.67. The molecule has 3 heteroatoms. The molecule has 2 N–H and O–H groups in total. The van der Waals surface area contributed by atoms with Crippen molar-refractivity contribution in [1.29, 1.82) is 0 Å². The predicted octanol–water partition coefficient (Wildman–Crippen LogP) is 3.08. The van der Waals surface area contributed by atoms with E-state index in [1.54, 1.807) is 6.20 Å². The van der Waals surface area contributed by atoms with Crippen molar-refractivity contribution in [3.63, 3.8) is 0 Å². The van der Waals surface area contributed by atoms with E-state index in [4.69, 9.17) is 10.2 Å². The molecule has 0 aliphatic heterocycles. The van der Waals surface area contributed by atoms with Crippen LogP contribution in [0.1, 0.15) is 0 Å². The number of nitrogens with two attached hydrogens (primary N) is 1. The number of fused-ring (bicyclic) bond motifs is 1. The molecule has 2 heterocycles. The summed E-state index contributed by atoms with van der Waals surface area (Å²) >= 11 is 0. The van der Waals surface area contributed by atoms with Crippen molar-refractivity contribution in [2.24, 2.45) is 0 Å². The Morgan fingerprint density at radius 1 is 1.06 bits per heavy atom. The molecule has 0 radical (unpaired) electrons. The van der Waals surface area contributed by atoms with E-state index in [1.165, 1.54) is 0 Å². The largest absolute Gasteiger partial charge is 0.456 e. The van der Waals surface area contributed by atoms with Crippen molar-refractivity contribution >= 4 is 16.8 Å². The standard InChI is InChI=1S/C13H10N2O/c14-13-10(5-3-7-15-13)12-8-9-4-1-2-6-11(9)16-12/h1-8H,(H2,14,15). The van der Waals surface area contributed by atoms with E-state index in [0.717, 1.165) is 22.3 Å². The van der Waals surface area contributed by atoms with Gasteiger partial charge in [0.2, 0.25) is 0 Å². The molecule has 78 valence electrons. The van der Waals surface area contributed by atoms with Gasteiger partial charge in [0.15, 0.2) is 0 Å². The molecule has 16 heavy (non-hydrogen) atoms. The van der Waals surface area contributed by atoms with E-state index in [0.29, 0.717) is 5.82 Å². The van der Waals surface area contributed by atoms with Gasteiger partial charge in [0, 0.05) is 11.6 Å². The summed E-state index contributed by atoms with van der Waals surface area (Å²) in [5, 5.41) is 1.07. The highest BCUT2D eigenvalue weighted by molar-refractivity contribution is 5.84. The van der Waals surface area contributed by atoms with E-state index in [9.17, 15) is 0 Å². The first-order chi connectivity index (χ1) is 7.84. The van der Waals surface area contributed by atoms with Crippen molar-refractivity contribution in [2.75, 3.05) is 5.73 Å². The van der Waals surface area contributed by atoms with Gasteiger partial charge in [0.25, 0.3) is 0 Å². The third kappa shape index (κ3) is 1.34. The van der Waals surface area contributed by atoms with Crippen molar-refractivity contribution in [3.05, 3.63) is 48.7 Å². The fraction of sp³-hybridized carbons (Fsp3) is 0. The van der Waals surface area contributed by atoms with Crippen molar-refractivity contribution < 1.29 is 4.42 Å². The lowest BCUT2D eigenvalue weighted by atomic mass is 10.2. The number of nitrogen functional groups attached to an aromatic ring is 1. The van der Waals surface area contributed by atoms with Gasteiger partial charge < -0.3 is 10.2 Å². The van der Waals surface area contributed by atoms with Gasteiger partial charge in [-0.2, -0.15) is 0 Å². The van der Waals surface area contributed by atoms with Gasteiger partial charge in [0.05, 0.1) is 5.56 Å². The Hall–Kier alpha value is -2.29. The van der Waals surface area contributed by atoms with E-state index in [-0.39, 0.29) is 0 Å². The molecule has 0 fully saturated rings. The SMILES string of the molecule is Nc1ncccc1-c1cc2ccccc2o1.